The van der Waals surface area contributed by atoms with Crippen molar-refractivity contribution in [3.05, 3.63) is 16.8 Å². The summed E-state index contributed by atoms with van der Waals surface area (Å²) in [6, 6.07) is 1.96. The van der Waals surface area contributed by atoms with Gasteiger partial charge in [0.25, 0.3) is 10.1 Å². The maximum atomic E-state index is 10.5. The topological polar surface area (TPSA) is 63.6 Å². The Morgan fingerprint density at radius 1 is 1.11 bits per heavy atom. The molecule has 0 saturated carbocycles. The molecule has 4 nitrogen and oxygen atoms in total. The van der Waals surface area contributed by atoms with Crippen molar-refractivity contribution in [2.24, 2.45) is 0 Å². The number of hydrogen-bond donors (Lipinski definition) is 1. The van der Waals surface area contributed by atoms with E-state index in [-0.39, 0.29) is 5.75 Å². The highest BCUT2D eigenvalue weighted by Gasteiger charge is 2.02. The summed E-state index contributed by atoms with van der Waals surface area (Å²) in [5.74, 6) is 0.821. The van der Waals surface area contributed by atoms with Crippen molar-refractivity contribution in [2.45, 2.75) is 38.5 Å². The average Bonchev–Trinajstić information content (AvgIpc) is 2.78. The monoisotopic (exact) mass is 292 g/mol. The van der Waals surface area contributed by atoms with Gasteiger partial charge in [0, 0.05) is 5.38 Å². The van der Waals surface area contributed by atoms with E-state index >= 15 is 0 Å². The minimum atomic E-state index is -3.77. The van der Waals surface area contributed by atoms with Gasteiger partial charge in [0.15, 0.2) is 0 Å². The quantitative estimate of drug-likeness (QED) is 0.530. The van der Waals surface area contributed by atoms with Crippen LogP contribution in [0.2, 0.25) is 0 Å². The summed E-state index contributed by atoms with van der Waals surface area (Å²) in [6.07, 6.45) is 5.60. The Kier molecular flexibility index (Phi) is 7.31. The van der Waals surface area contributed by atoms with Crippen molar-refractivity contribution < 1.29 is 17.7 Å². The molecule has 1 N–H and O–H groups in total. The molecule has 0 fully saturated rings. The molecule has 1 heterocycles. The first kappa shape index (κ1) is 15.5. The van der Waals surface area contributed by atoms with E-state index in [0.717, 1.165) is 44.5 Å². The van der Waals surface area contributed by atoms with Crippen LogP contribution in [0.4, 0.5) is 0 Å². The fraction of sp³-hybridized carbons (Fsp3) is 0.667. The Balaban J connectivity index is 1.84. The molecule has 0 spiro atoms. The molecule has 6 heteroatoms. The summed E-state index contributed by atoms with van der Waals surface area (Å²) >= 11 is 1.62. The minimum Gasteiger partial charge on any atom is -0.493 e. The summed E-state index contributed by atoms with van der Waals surface area (Å²) in [7, 11) is -3.77. The molecule has 1 rings (SSSR count). The molecule has 0 unspecified atom stereocenters. The van der Waals surface area contributed by atoms with E-state index in [1.807, 2.05) is 16.8 Å². The first-order valence-corrected chi connectivity index (χ1v) is 8.73. The van der Waals surface area contributed by atoms with Crippen LogP contribution in [0.25, 0.3) is 0 Å². The van der Waals surface area contributed by atoms with Crippen LogP contribution < -0.4 is 4.74 Å². The Morgan fingerprint density at radius 2 is 1.78 bits per heavy atom. The lowest BCUT2D eigenvalue weighted by Gasteiger charge is -2.03. The van der Waals surface area contributed by atoms with Gasteiger partial charge in [-0.05, 0) is 24.3 Å². The van der Waals surface area contributed by atoms with Crippen molar-refractivity contribution in [3.63, 3.8) is 0 Å². The Bertz CT molecular complexity index is 398. The van der Waals surface area contributed by atoms with Gasteiger partial charge in [-0.25, -0.2) is 0 Å². The third-order valence-corrected chi connectivity index (χ3v) is 4.03. The van der Waals surface area contributed by atoms with E-state index in [1.54, 1.807) is 11.3 Å². The molecule has 0 bridgehead atoms. The van der Waals surface area contributed by atoms with E-state index in [2.05, 4.69) is 0 Å². The maximum absolute atomic E-state index is 10.5. The van der Waals surface area contributed by atoms with Crippen molar-refractivity contribution in [1.82, 2.24) is 0 Å². The van der Waals surface area contributed by atoms with Crippen LogP contribution in [-0.2, 0) is 10.1 Å². The number of unbranched alkanes of at least 4 members (excludes halogenated alkanes) is 5. The fourth-order valence-corrected chi connectivity index (χ4v) is 2.76. The van der Waals surface area contributed by atoms with Gasteiger partial charge in [0.2, 0.25) is 0 Å². The first-order valence-electron chi connectivity index (χ1n) is 6.18. The molecule has 0 radical (unpaired) electrons. The standard InChI is InChI=1S/C12H20O4S2/c13-18(14,15)10-6-4-2-1-3-5-8-16-12-7-9-17-11-12/h7,9,11H,1-6,8,10H2,(H,13,14,15). The molecule has 1 aromatic heterocycles. The van der Waals surface area contributed by atoms with Gasteiger partial charge in [-0.2, -0.15) is 8.42 Å². The second kappa shape index (κ2) is 8.50. The second-order valence-corrected chi connectivity index (χ2v) is 6.57. The highest BCUT2D eigenvalue weighted by Crippen LogP contribution is 2.15. The lowest BCUT2D eigenvalue weighted by Crippen LogP contribution is -2.03. The van der Waals surface area contributed by atoms with E-state index in [4.69, 9.17) is 9.29 Å². The zero-order chi connectivity index (χ0) is 13.3. The third-order valence-electron chi connectivity index (χ3n) is 2.56. The second-order valence-electron chi connectivity index (χ2n) is 4.21. The average molecular weight is 292 g/mol. The van der Waals surface area contributed by atoms with Gasteiger partial charge in [-0.15, -0.1) is 11.3 Å². The van der Waals surface area contributed by atoms with Crippen LogP contribution in [0.5, 0.6) is 5.75 Å². The molecule has 0 atom stereocenters. The number of thiophene rings is 1. The number of rotatable bonds is 10. The molecular formula is C12H20O4S2. The van der Waals surface area contributed by atoms with Gasteiger partial charge < -0.3 is 4.74 Å². The molecule has 0 amide bonds. The van der Waals surface area contributed by atoms with E-state index in [9.17, 15) is 8.42 Å². The molecule has 18 heavy (non-hydrogen) atoms. The zero-order valence-electron chi connectivity index (χ0n) is 10.4. The van der Waals surface area contributed by atoms with Crippen LogP contribution >= 0.6 is 11.3 Å². The lowest BCUT2D eigenvalue weighted by atomic mass is 10.1. The number of hydrogen-bond acceptors (Lipinski definition) is 4. The minimum absolute atomic E-state index is 0.117. The van der Waals surface area contributed by atoms with Crippen LogP contribution in [-0.4, -0.2) is 25.3 Å². The number of ether oxygens (including phenoxy) is 1. The molecule has 0 aliphatic carbocycles. The fourth-order valence-electron chi connectivity index (χ4n) is 1.62. The summed E-state index contributed by atoms with van der Waals surface area (Å²) in [5, 5.41) is 3.97. The maximum Gasteiger partial charge on any atom is 0.264 e. The molecule has 0 saturated heterocycles. The zero-order valence-corrected chi connectivity index (χ0v) is 12.0. The Hall–Kier alpha value is -0.590. The molecule has 104 valence electrons. The largest absolute Gasteiger partial charge is 0.493 e. The van der Waals surface area contributed by atoms with Gasteiger partial charge >= 0.3 is 0 Å². The van der Waals surface area contributed by atoms with Crippen molar-refractivity contribution in [2.75, 3.05) is 12.4 Å². The summed E-state index contributed by atoms with van der Waals surface area (Å²) in [6.45, 7) is 0.738. The van der Waals surface area contributed by atoms with Crippen LogP contribution in [0.1, 0.15) is 38.5 Å². The SMILES string of the molecule is O=S(=O)(O)CCCCCCCCOc1ccsc1. The Morgan fingerprint density at radius 3 is 2.39 bits per heavy atom. The molecule has 0 aliphatic heterocycles. The normalized spacial score (nSPS) is 11.6. The summed E-state index contributed by atoms with van der Waals surface area (Å²) < 4.78 is 35.0. The molecule has 1 aromatic rings. The lowest BCUT2D eigenvalue weighted by molar-refractivity contribution is 0.305. The van der Waals surface area contributed by atoms with E-state index in [1.165, 1.54) is 0 Å². The smallest absolute Gasteiger partial charge is 0.264 e. The summed E-state index contributed by atoms with van der Waals surface area (Å²) in [4.78, 5) is 0. The highest BCUT2D eigenvalue weighted by molar-refractivity contribution is 7.85. The van der Waals surface area contributed by atoms with Crippen molar-refractivity contribution in [3.8, 4) is 5.75 Å². The van der Waals surface area contributed by atoms with Gasteiger partial charge in [0.05, 0.1) is 12.4 Å². The van der Waals surface area contributed by atoms with Crippen LogP contribution in [0.3, 0.4) is 0 Å². The van der Waals surface area contributed by atoms with Gasteiger partial charge in [0.1, 0.15) is 5.75 Å². The molecule has 0 aromatic carbocycles. The van der Waals surface area contributed by atoms with E-state index in [0.29, 0.717) is 6.42 Å². The predicted molar refractivity (Wildman–Crippen MR) is 73.9 cm³/mol. The highest BCUT2D eigenvalue weighted by atomic mass is 32.2. The van der Waals surface area contributed by atoms with Crippen molar-refractivity contribution >= 4 is 21.5 Å². The van der Waals surface area contributed by atoms with Crippen LogP contribution in [0.15, 0.2) is 16.8 Å². The molecular weight excluding hydrogens is 272 g/mol. The van der Waals surface area contributed by atoms with Gasteiger partial charge in [-0.1, -0.05) is 25.7 Å². The van der Waals surface area contributed by atoms with E-state index < -0.39 is 10.1 Å². The predicted octanol–water partition coefficient (Wildman–Crippen LogP) is 3.36. The van der Waals surface area contributed by atoms with Gasteiger partial charge in [-0.3, -0.25) is 4.55 Å². The Labute approximate surface area is 113 Å². The third kappa shape index (κ3) is 8.49. The molecule has 0 aliphatic rings. The summed E-state index contributed by atoms with van der Waals surface area (Å²) in [5.41, 5.74) is 0. The first-order chi connectivity index (χ1) is 8.58. The van der Waals surface area contributed by atoms with Crippen LogP contribution in [0, 0.1) is 0 Å². The van der Waals surface area contributed by atoms with Crippen molar-refractivity contribution in [1.29, 1.82) is 0 Å².